The minimum atomic E-state index is -1.00. The van der Waals surface area contributed by atoms with Crippen LogP contribution in [0.15, 0.2) is 43.0 Å². The summed E-state index contributed by atoms with van der Waals surface area (Å²) in [6.07, 6.45) is 2.91. The highest BCUT2D eigenvalue weighted by Crippen LogP contribution is 2.68. The molecule has 2 bridgehead atoms. The number of aliphatic hydroxyl groups is 1. The number of hydrogen-bond donors (Lipinski definition) is 2. The minimum absolute atomic E-state index is 0.0540. The third-order valence-electron chi connectivity index (χ3n) is 7.97. The third-order valence-corrected chi connectivity index (χ3v) is 11.2. The predicted octanol–water partition coefficient (Wildman–Crippen LogP) is 3.16. The van der Waals surface area contributed by atoms with Gasteiger partial charge in [0.05, 0.1) is 29.2 Å². The molecule has 3 aliphatic rings. The van der Waals surface area contributed by atoms with Crippen molar-refractivity contribution < 1.29 is 24.6 Å². The molecule has 0 aliphatic carbocycles. The van der Waals surface area contributed by atoms with Crippen molar-refractivity contribution in [1.82, 2.24) is 9.80 Å². The number of aliphatic carboxylic acids is 1. The van der Waals surface area contributed by atoms with E-state index in [1.54, 1.807) is 15.9 Å². The molecule has 2 amide bonds. The number of aliphatic hydroxyl groups excluding tert-OH is 1. The number of carbonyl (C=O) groups is 3. The van der Waals surface area contributed by atoms with E-state index in [0.29, 0.717) is 25.9 Å². The Morgan fingerprint density at radius 3 is 2.63 bits per heavy atom. The summed E-state index contributed by atoms with van der Waals surface area (Å²) in [6, 6.07) is 8.22. The van der Waals surface area contributed by atoms with E-state index in [1.165, 1.54) is 11.8 Å². The van der Waals surface area contributed by atoms with E-state index in [1.807, 2.05) is 44.2 Å². The summed E-state index contributed by atoms with van der Waals surface area (Å²) >= 11 is 5.15. The van der Waals surface area contributed by atoms with Gasteiger partial charge in [0.2, 0.25) is 11.8 Å². The largest absolute Gasteiger partial charge is 0.481 e. The van der Waals surface area contributed by atoms with Crippen molar-refractivity contribution in [2.24, 2.45) is 17.8 Å². The average molecular weight is 566 g/mol. The number of benzene rings is 1. The van der Waals surface area contributed by atoms with Crippen LogP contribution >= 0.6 is 27.7 Å². The smallest absolute Gasteiger partial charge is 0.308 e. The Morgan fingerprint density at radius 1 is 1.37 bits per heavy atom. The molecule has 3 saturated heterocycles. The number of alkyl halides is 1. The van der Waals surface area contributed by atoms with E-state index in [2.05, 4.69) is 22.5 Å². The molecule has 3 aliphatic heterocycles. The predicted molar refractivity (Wildman–Crippen MR) is 139 cm³/mol. The Morgan fingerprint density at radius 2 is 2.06 bits per heavy atom. The van der Waals surface area contributed by atoms with Gasteiger partial charge in [0.15, 0.2) is 0 Å². The van der Waals surface area contributed by atoms with Gasteiger partial charge >= 0.3 is 5.97 Å². The second-order valence-corrected chi connectivity index (χ2v) is 12.6. The third kappa shape index (κ3) is 4.23. The number of hydrogen-bond acceptors (Lipinski definition) is 5. The molecule has 8 atom stereocenters. The van der Waals surface area contributed by atoms with E-state index in [0.717, 1.165) is 5.56 Å². The van der Waals surface area contributed by atoms with E-state index in [9.17, 15) is 24.6 Å². The van der Waals surface area contributed by atoms with Crippen molar-refractivity contribution in [3.63, 3.8) is 0 Å². The molecule has 1 aromatic rings. The van der Waals surface area contributed by atoms with Crippen LogP contribution in [0.1, 0.15) is 32.3 Å². The molecule has 0 aromatic heterocycles. The number of fused-ring (bicyclic) bond motifs is 1. The van der Waals surface area contributed by atoms with Crippen LogP contribution < -0.4 is 0 Å². The maximum Gasteiger partial charge on any atom is 0.308 e. The Labute approximate surface area is 219 Å². The molecule has 7 nitrogen and oxygen atoms in total. The highest BCUT2D eigenvalue weighted by atomic mass is 79.9. The number of halogens is 1. The van der Waals surface area contributed by atoms with Crippen LogP contribution in [0, 0.1) is 17.8 Å². The van der Waals surface area contributed by atoms with Gasteiger partial charge in [-0.3, -0.25) is 14.4 Å². The molecule has 3 unspecified atom stereocenters. The Hall–Kier alpha value is -1.84. The summed E-state index contributed by atoms with van der Waals surface area (Å²) in [5.41, 5.74) is 0.957. The van der Waals surface area contributed by atoms with Crippen molar-refractivity contribution in [2.45, 2.75) is 60.1 Å². The van der Waals surface area contributed by atoms with Crippen LogP contribution in [0.3, 0.4) is 0 Å². The summed E-state index contributed by atoms with van der Waals surface area (Å²) in [5.74, 6) is -3.26. The highest BCUT2D eigenvalue weighted by Gasteiger charge is 2.76. The monoisotopic (exact) mass is 564 g/mol. The number of carbonyl (C=O) groups excluding carboxylic acids is 2. The standard InChI is InChI=1S/C26H33BrN2O5S/c1-4-11-28(13-16-9-7-6-8-10-16)24(32)22-26-12-17(27)21(35-26)19(25(33)34)20(26)23(31)29(22)18(14-30)15(3)5-2/h4,6-10,15,17-22,30H,1,5,11-14H2,2-3H3,(H,33,34)/t15-,17?,18-,19-,20-,21-,22?,26?/m0/s1. The molecular weight excluding hydrogens is 532 g/mol. The van der Waals surface area contributed by atoms with Gasteiger partial charge in [-0.15, -0.1) is 18.3 Å². The molecule has 3 heterocycles. The number of rotatable bonds is 10. The van der Waals surface area contributed by atoms with Crippen molar-refractivity contribution in [1.29, 1.82) is 0 Å². The molecule has 190 valence electrons. The number of carboxylic acid groups (broad SMARTS) is 1. The summed E-state index contributed by atoms with van der Waals surface area (Å²) in [4.78, 5) is 43.9. The zero-order valence-corrected chi connectivity index (χ0v) is 22.5. The van der Waals surface area contributed by atoms with Crippen LogP contribution in [0.4, 0.5) is 0 Å². The first-order valence-corrected chi connectivity index (χ1v) is 13.9. The van der Waals surface area contributed by atoms with Crippen LogP contribution in [0.25, 0.3) is 0 Å². The maximum atomic E-state index is 14.4. The van der Waals surface area contributed by atoms with Gasteiger partial charge in [-0.25, -0.2) is 0 Å². The van der Waals surface area contributed by atoms with Crippen LogP contribution in [0.5, 0.6) is 0 Å². The van der Waals surface area contributed by atoms with Gasteiger partial charge in [-0.1, -0.05) is 72.6 Å². The van der Waals surface area contributed by atoms with Crippen LogP contribution in [-0.4, -0.2) is 77.9 Å². The molecule has 0 saturated carbocycles. The van der Waals surface area contributed by atoms with Gasteiger partial charge in [0, 0.05) is 23.2 Å². The first-order valence-electron chi connectivity index (χ1n) is 12.1. The van der Waals surface area contributed by atoms with Gasteiger partial charge in [-0.05, 0) is 17.9 Å². The maximum absolute atomic E-state index is 14.4. The molecular formula is C26H33BrN2O5S. The Bertz CT molecular complexity index is 993. The quantitative estimate of drug-likeness (QED) is 0.334. The summed E-state index contributed by atoms with van der Waals surface area (Å²) in [6.45, 7) is 8.15. The highest BCUT2D eigenvalue weighted by molar-refractivity contribution is 9.09. The van der Waals surface area contributed by atoms with Gasteiger partial charge < -0.3 is 20.0 Å². The Balaban J connectivity index is 1.81. The van der Waals surface area contributed by atoms with E-state index in [4.69, 9.17) is 0 Å². The summed E-state index contributed by atoms with van der Waals surface area (Å²) in [5, 5.41) is 20.2. The second-order valence-electron chi connectivity index (χ2n) is 9.88. The molecule has 1 spiro atoms. The molecule has 35 heavy (non-hydrogen) atoms. The zero-order chi connectivity index (χ0) is 25.5. The fourth-order valence-corrected chi connectivity index (χ4v) is 9.75. The minimum Gasteiger partial charge on any atom is -0.481 e. The topological polar surface area (TPSA) is 98.2 Å². The van der Waals surface area contributed by atoms with Crippen molar-refractivity contribution in [2.75, 3.05) is 13.2 Å². The molecule has 0 radical (unpaired) electrons. The first kappa shape index (κ1) is 26.2. The molecule has 2 N–H and O–H groups in total. The number of likely N-dealkylation sites (tertiary alicyclic amines) is 1. The molecule has 1 aromatic carbocycles. The number of amides is 2. The summed E-state index contributed by atoms with van der Waals surface area (Å²) < 4.78 is -0.854. The van der Waals surface area contributed by atoms with Gasteiger partial charge in [0.1, 0.15) is 6.04 Å². The number of carboxylic acids is 1. The molecule has 3 fully saturated rings. The van der Waals surface area contributed by atoms with Crippen LogP contribution in [0.2, 0.25) is 0 Å². The lowest BCUT2D eigenvalue weighted by Gasteiger charge is -2.41. The lowest BCUT2D eigenvalue weighted by Crippen LogP contribution is -2.58. The lowest BCUT2D eigenvalue weighted by molar-refractivity contribution is -0.150. The Kier molecular flexibility index (Phi) is 7.69. The second kappa shape index (κ2) is 10.3. The van der Waals surface area contributed by atoms with Crippen molar-refractivity contribution in [3.8, 4) is 0 Å². The number of nitrogens with zero attached hydrogens (tertiary/aromatic N) is 2. The SMILES string of the molecule is C=CCN(Cc1ccccc1)C(=O)C1N([C@@H](CO)[C@@H](C)CC)C(=O)[C@@H]2[C@H](C(=O)O)[C@H]3SC12CC3Br. The van der Waals surface area contributed by atoms with Gasteiger partial charge in [0.25, 0.3) is 0 Å². The average Bonchev–Trinajstić information content (AvgIpc) is 3.43. The van der Waals surface area contributed by atoms with Crippen molar-refractivity contribution >= 4 is 45.5 Å². The first-order chi connectivity index (χ1) is 16.7. The molecule has 4 rings (SSSR count). The molecule has 9 heteroatoms. The van der Waals surface area contributed by atoms with Gasteiger partial charge in [-0.2, -0.15) is 0 Å². The normalized spacial score (nSPS) is 32.9. The van der Waals surface area contributed by atoms with Crippen LogP contribution in [-0.2, 0) is 20.9 Å². The fourth-order valence-electron chi connectivity index (χ4n) is 6.17. The zero-order valence-electron chi connectivity index (χ0n) is 20.0. The fraction of sp³-hybridized carbons (Fsp3) is 0.577. The van der Waals surface area contributed by atoms with E-state index < -0.39 is 34.6 Å². The van der Waals surface area contributed by atoms with E-state index >= 15 is 0 Å². The lowest BCUT2D eigenvalue weighted by atomic mass is 9.71. The summed E-state index contributed by atoms with van der Waals surface area (Å²) in [7, 11) is 0. The van der Waals surface area contributed by atoms with Crippen molar-refractivity contribution in [3.05, 3.63) is 48.6 Å². The van der Waals surface area contributed by atoms with E-state index in [-0.39, 0.29) is 34.4 Å². The number of thioether (sulfide) groups is 1.